The molecule has 2 aromatic carbocycles. The molecule has 0 spiro atoms. The number of nitrogens with zero attached hydrogens (tertiary/aromatic N) is 1. The van der Waals surface area contributed by atoms with Crippen molar-refractivity contribution in [2.75, 3.05) is 16.8 Å². The number of amides is 1. The first kappa shape index (κ1) is 23.4. The minimum Gasteiger partial charge on any atom is -0.357 e. The number of carbonyl (C=O) groups is 2. The molecule has 0 saturated heterocycles. The second-order valence-corrected chi connectivity index (χ2v) is 10.9. The molecular formula is C30H35N3O2. The lowest BCUT2D eigenvalue weighted by Crippen LogP contribution is -2.49. The molecule has 0 fully saturated rings. The van der Waals surface area contributed by atoms with Gasteiger partial charge < -0.3 is 15.5 Å². The third-order valence-corrected chi connectivity index (χ3v) is 7.45. The number of Topliss-reactive ketones (excluding diaryl/α,β-unsaturated/α-hetero) is 1. The zero-order chi connectivity index (χ0) is 24.4. The van der Waals surface area contributed by atoms with Gasteiger partial charge in [-0.3, -0.25) is 9.59 Å². The predicted octanol–water partition coefficient (Wildman–Crippen LogP) is 5.60. The molecule has 2 aromatic rings. The van der Waals surface area contributed by atoms with Crippen LogP contribution in [0, 0.1) is 11.3 Å². The van der Waals surface area contributed by atoms with Crippen LogP contribution in [0.25, 0.3) is 0 Å². The molecule has 5 nitrogen and oxygen atoms in total. The van der Waals surface area contributed by atoms with Crippen molar-refractivity contribution in [2.45, 2.75) is 58.5 Å². The Bertz CT molecular complexity index is 1170. The van der Waals surface area contributed by atoms with Crippen LogP contribution in [0.3, 0.4) is 0 Å². The molecule has 5 rings (SSSR count). The number of rotatable bonds is 5. The lowest BCUT2D eigenvalue weighted by atomic mass is 9.71. The van der Waals surface area contributed by atoms with E-state index in [1.165, 1.54) is 0 Å². The van der Waals surface area contributed by atoms with Gasteiger partial charge in [0.15, 0.2) is 5.78 Å². The van der Waals surface area contributed by atoms with Crippen molar-refractivity contribution in [1.29, 1.82) is 0 Å². The Balaban J connectivity index is 1.53. The number of ketones is 1. The van der Waals surface area contributed by atoms with Crippen LogP contribution in [0.1, 0.15) is 51.5 Å². The topological polar surface area (TPSA) is 61.4 Å². The SMILES string of the molecule is CC1(C)CC(=O)C2=C(C1)Nc1ccccc1N(CC(=O)NCc1ccccc1)C2C1CC=CCC1. The van der Waals surface area contributed by atoms with Crippen LogP contribution in [0.2, 0.25) is 0 Å². The van der Waals surface area contributed by atoms with Crippen molar-refractivity contribution < 1.29 is 9.59 Å². The summed E-state index contributed by atoms with van der Waals surface area (Å²) < 4.78 is 0. The molecule has 182 valence electrons. The summed E-state index contributed by atoms with van der Waals surface area (Å²) in [5.74, 6) is 0.462. The van der Waals surface area contributed by atoms with Crippen LogP contribution < -0.4 is 15.5 Å². The van der Waals surface area contributed by atoms with Crippen molar-refractivity contribution in [3.8, 4) is 0 Å². The summed E-state index contributed by atoms with van der Waals surface area (Å²) in [4.78, 5) is 29.2. The van der Waals surface area contributed by atoms with Crippen molar-refractivity contribution in [1.82, 2.24) is 5.32 Å². The molecule has 1 amide bonds. The summed E-state index contributed by atoms with van der Waals surface area (Å²) in [7, 11) is 0. The maximum absolute atomic E-state index is 13.7. The van der Waals surface area contributed by atoms with Gasteiger partial charge in [-0.2, -0.15) is 0 Å². The Kier molecular flexibility index (Phi) is 6.50. The average molecular weight is 470 g/mol. The number of para-hydroxylation sites is 2. The molecule has 0 bridgehead atoms. The third-order valence-electron chi connectivity index (χ3n) is 7.45. The quantitative estimate of drug-likeness (QED) is 0.560. The predicted molar refractivity (Wildman–Crippen MR) is 141 cm³/mol. The molecule has 0 saturated carbocycles. The van der Waals surface area contributed by atoms with Gasteiger partial charge in [-0.05, 0) is 54.7 Å². The normalized spacial score (nSPS) is 23.1. The molecule has 1 aliphatic heterocycles. The first-order valence-electron chi connectivity index (χ1n) is 12.8. The van der Waals surface area contributed by atoms with Crippen LogP contribution >= 0.6 is 0 Å². The van der Waals surface area contributed by atoms with E-state index in [9.17, 15) is 9.59 Å². The fourth-order valence-electron chi connectivity index (χ4n) is 5.87. The second kappa shape index (κ2) is 9.73. The van der Waals surface area contributed by atoms with Gasteiger partial charge in [0.25, 0.3) is 0 Å². The maximum atomic E-state index is 13.7. The van der Waals surface area contributed by atoms with Crippen LogP contribution in [-0.2, 0) is 16.1 Å². The first-order valence-corrected chi connectivity index (χ1v) is 12.8. The van der Waals surface area contributed by atoms with Gasteiger partial charge in [0.1, 0.15) is 0 Å². The summed E-state index contributed by atoms with van der Waals surface area (Å²) in [6.45, 7) is 5.04. The number of hydrogen-bond acceptors (Lipinski definition) is 4. The van der Waals surface area contributed by atoms with Gasteiger partial charge in [-0.15, -0.1) is 0 Å². The number of carbonyl (C=O) groups excluding carboxylic acids is 2. The van der Waals surface area contributed by atoms with Crippen LogP contribution in [0.4, 0.5) is 11.4 Å². The van der Waals surface area contributed by atoms with Gasteiger partial charge in [-0.25, -0.2) is 0 Å². The molecule has 2 aliphatic carbocycles. The van der Waals surface area contributed by atoms with Crippen LogP contribution in [-0.4, -0.2) is 24.3 Å². The standard InChI is InChI=1S/C30H35N3O2/c1-30(2)17-24-28(26(34)18-30)29(22-13-7-4-8-14-22)33(25-16-10-9-15-23(25)32-24)20-27(35)31-19-21-11-5-3-6-12-21/h3-7,9-12,15-16,22,29,32H,8,13-14,17-20H2,1-2H3,(H,31,35). The molecular weight excluding hydrogens is 434 g/mol. The fraction of sp³-hybridized carbons (Fsp3) is 0.400. The van der Waals surface area contributed by atoms with Gasteiger partial charge in [0.05, 0.1) is 24.0 Å². The van der Waals surface area contributed by atoms with Crippen molar-refractivity contribution in [2.24, 2.45) is 11.3 Å². The molecule has 2 unspecified atom stereocenters. The van der Waals surface area contributed by atoms with E-state index in [2.05, 4.69) is 53.7 Å². The maximum Gasteiger partial charge on any atom is 0.239 e. The smallest absolute Gasteiger partial charge is 0.239 e. The van der Waals surface area contributed by atoms with Crippen LogP contribution in [0.15, 0.2) is 78.0 Å². The summed E-state index contributed by atoms with van der Waals surface area (Å²) in [6.07, 6.45) is 8.78. The Labute approximate surface area is 208 Å². The third kappa shape index (κ3) is 5.04. The average Bonchev–Trinajstić information content (AvgIpc) is 2.98. The van der Waals surface area contributed by atoms with E-state index in [4.69, 9.17) is 0 Å². The zero-order valence-electron chi connectivity index (χ0n) is 20.7. The van der Waals surface area contributed by atoms with Crippen LogP contribution in [0.5, 0.6) is 0 Å². The molecule has 35 heavy (non-hydrogen) atoms. The van der Waals surface area contributed by atoms with Gasteiger partial charge in [0.2, 0.25) is 5.91 Å². The second-order valence-electron chi connectivity index (χ2n) is 10.9. The Morgan fingerprint density at radius 3 is 2.60 bits per heavy atom. The molecule has 2 N–H and O–H groups in total. The minimum absolute atomic E-state index is 0.0346. The number of nitrogens with one attached hydrogen (secondary N) is 2. The van der Waals surface area contributed by atoms with Crippen molar-refractivity contribution >= 4 is 23.1 Å². The van der Waals surface area contributed by atoms with Gasteiger partial charge in [-0.1, -0.05) is 68.5 Å². The summed E-state index contributed by atoms with van der Waals surface area (Å²) in [5, 5.41) is 6.75. The van der Waals surface area contributed by atoms with Gasteiger partial charge >= 0.3 is 0 Å². The number of anilines is 2. The number of benzene rings is 2. The number of hydrogen-bond donors (Lipinski definition) is 2. The van der Waals surface area contributed by atoms with E-state index in [-0.39, 0.29) is 35.6 Å². The van der Waals surface area contributed by atoms with Gasteiger partial charge in [0, 0.05) is 24.2 Å². The highest BCUT2D eigenvalue weighted by Gasteiger charge is 2.43. The highest BCUT2D eigenvalue weighted by Crippen LogP contribution is 2.46. The fourth-order valence-corrected chi connectivity index (χ4v) is 5.87. The molecule has 1 heterocycles. The van der Waals surface area contributed by atoms with Crippen molar-refractivity contribution in [3.63, 3.8) is 0 Å². The lowest BCUT2D eigenvalue weighted by Gasteiger charge is -2.41. The highest BCUT2D eigenvalue weighted by molar-refractivity contribution is 6.01. The van der Waals surface area contributed by atoms with E-state index in [1.54, 1.807) is 0 Å². The zero-order valence-corrected chi connectivity index (χ0v) is 20.7. The van der Waals surface area contributed by atoms with E-state index < -0.39 is 0 Å². The van der Waals surface area contributed by atoms with E-state index in [0.29, 0.717) is 13.0 Å². The van der Waals surface area contributed by atoms with Crippen molar-refractivity contribution in [3.05, 3.63) is 83.6 Å². The minimum atomic E-state index is -0.128. The Morgan fingerprint density at radius 1 is 1.06 bits per heavy atom. The first-order chi connectivity index (χ1) is 16.9. The molecule has 3 aliphatic rings. The molecule has 5 heteroatoms. The van der Waals surface area contributed by atoms with E-state index in [1.807, 2.05) is 42.5 Å². The van der Waals surface area contributed by atoms with E-state index in [0.717, 1.165) is 53.9 Å². The monoisotopic (exact) mass is 469 g/mol. The molecule has 0 aromatic heterocycles. The number of allylic oxidation sites excluding steroid dienone is 3. The molecule has 2 atom stereocenters. The number of fused-ring (bicyclic) bond motifs is 1. The Hall–Kier alpha value is -3.34. The molecule has 0 radical (unpaired) electrons. The summed E-state index contributed by atoms with van der Waals surface area (Å²) >= 11 is 0. The van der Waals surface area contributed by atoms with E-state index >= 15 is 0 Å². The highest BCUT2D eigenvalue weighted by atomic mass is 16.2. The summed E-state index contributed by atoms with van der Waals surface area (Å²) in [5.41, 5.74) is 4.86. The Morgan fingerprint density at radius 2 is 1.83 bits per heavy atom. The summed E-state index contributed by atoms with van der Waals surface area (Å²) in [6, 6.07) is 18.0. The lowest BCUT2D eigenvalue weighted by molar-refractivity contribution is -0.121. The largest absolute Gasteiger partial charge is 0.357 e.